The van der Waals surface area contributed by atoms with Gasteiger partial charge in [0.25, 0.3) is 0 Å². The molecule has 5 rings (SSSR count). The molecule has 0 aliphatic rings. The molecule has 0 saturated heterocycles. The number of anilines is 2. The molecular formula is C22H21N7O. The molecule has 0 radical (unpaired) electrons. The summed E-state index contributed by atoms with van der Waals surface area (Å²) >= 11 is 0. The van der Waals surface area contributed by atoms with Gasteiger partial charge >= 0.3 is 0 Å². The van der Waals surface area contributed by atoms with Gasteiger partial charge in [-0.1, -0.05) is 18.2 Å². The van der Waals surface area contributed by atoms with Gasteiger partial charge in [-0.3, -0.25) is 5.10 Å². The van der Waals surface area contributed by atoms with Gasteiger partial charge in [0.1, 0.15) is 5.82 Å². The van der Waals surface area contributed by atoms with Gasteiger partial charge in [-0.2, -0.15) is 5.10 Å². The predicted octanol–water partition coefficient (Wildman–Crippen LogP) is 3.10. The van der Waals surface area contributed by atoms with E-state index in [0.717, 1.165) is 44.7 Å². The first-order valence-electron chi connectivity index (χ1n) is 9.74. The van der Waals surface area contributed by atoms with Gasteiger partial charge in [-0.05, 0) is 29.3 Å². The lowest BCUT2D eigenvalue weighted by molar-refractivity contribution is 0.292. The van der Waals surface area contributed by atoms with Crippen molar-refractivity contribution in [1.82, 2.24) is 29.9 Å². The molecule has 0 bridgehead atoms. The number of fused-ring (bicyclic) bond motifs is 2. The number of imidazole rings is 1. The zero-order chi connectivity index (χ0) is 20.3. The van der Waals surface area contributed by atoms with Crippen molar-refractivity contribution in [2.45, 2.75) is 6.54 Å². The molecular weight excluding hydrogens is 378 g/mol. The van der Waals surface area contributed by atoms with E-state index in [0.29, 0.717) is 13.1 Å². The number of aliphatic hydroxyl groups is 1. The van der Waals surface area contributed by atoms with E-state index >= 15 is 0 Å². The lowest BCUT2D eigenvalue weighted by Crippen LogP contribution is -2.17. The third-order valence-electron chi connectivity index (χ3n) is 4.97. The van der Waals surface area contributed by atoms with Crippen LogP contribution in [0.25, 0.3) is 27.7 Å². The van der Waals surface area contributed by atoms with E-state index in [2.05, 4.69) is 61.3 Å². The zero-order valence-electron chi connectivity index (χ0n) is 16.2. The maximum absolute atomic E-state index is 8.87. The van der Waals surface area contributed by atoms with Crippen molar-refractivity contribution >= 4 is 28.1 Å². The summed E-state index contributed by atoms with van der Waals surface area (Å²) in [6.07, 6.45) is 9.42. The minimum atomic E-state index is 0.122. The second kappa shape index (κ2) is 7.94. The highest BCUT2D eigenvalue weighted by molar-refractivity contribution is 5.86. The molecule has 0 saturated carbocycles. The van der Waals surface area contributed by atoms with Crippen LogP contribution in [0.2, 0.25) is 0 Å². The molecule has 150 valence electrons. The van der Waals surface area contributed by atoms with E-state index < -0.39 is 0 Å². The Morgan fingerprint density at radius 2 is 2.00 bits per heavy atom. The van der Waals surface area contributed by atoms with Gasteiger partial charge in [-0.15, -0.1) is 0 Å². The second-order valence-electron chi connectivity index (χ2n) is 7.05. The molecule has 5 aromatic rings. The number of aromatic amines is 1. The van der Waals surface area contributed by atoms with Crippen LogP contribution in [0, 0.1) is 0 Å². The molecule has 0 atom stereocenters. The van der Waals surface area contributed by atoms with Crippen molar-refractivity contribution in [1.29, 1.82) is 0 Å². The summed E-state index contributed by atoms with van der Waals surface area (Å²) in [6, 6.07) is 12.3. The zero-order valence-corrected chi connectivity index (χ0v) is 16.2. The standard InChI is InChI=1S/C22H21N7O/c30-8-6-23-11-15-1-4-21(25-12-15)27-20-10-18(14-29-7-5-24-22(20)29)16-2-3-17-13-26-28-19(17)9-16/h1-5,7,9-10,12-14,23,30H,6,8,11H2,(H,25,27)(H,26,28). The molecule has 30 heavy (non-hydrogen) atoms. The van der Waals surface area contributed by atoms with Gasteiger partial charge in [-0.25, -0.2) is 9.97 Å². The lowest BCUT2D eigenvalue weighted by atomic mass is 10.1. The summed E-state index contributed by atoms with van der Waals surface area (Å²) in [5, 5.41) is 23.6. The Labute approximate surface area is 172 Å². The fourth-order valence-electron chi connectivity index (χ4n) is 3.45. The van der Waals surface area contributed by atoms with Crippen LogP contribution in [0.5, 0.6) is 0 Å². The van der Waals surface area contributed by atoms with Gasteiger partial charge < -0.3 is 20.1 Å². The minimum absolute atomic E-state index is 0.122. The lowest BCUT2D eigenvalue weighted by Gasteiger charge is -2.11. The Bertz CT molecular complexity index is 1290. The minimum Gasteiger partial charge on any atom is -0.395 e. The summed E-state index contributed by atoms with van der Waals surface area (Å²) in [5.74, 6) is 0.743. The second-order valence-corrected chi connectivity index (χ2v) is 7.05. The maximum Gasteiger partial charge on any atom is 0.160 e. The summed E-state index contributed by atoms with van der Waals surface area (Å²) in [5.41, 5.74) is 5.91. The summed E-state index contributed by atoms with van der Waals surface area (Å²) in [7, 11) is 0. The van der Waals surface area contributed by atoms with Crippen LogP contribution in [-0.2, 0) is 6.54 Å². The van der Waals surface area contributed by atoms with Gasteiger partial charge in [0.05, 0.1) is 24.0 Å². The van der Waals surface area contributed by atoms with E-state index in [1.54, 1.807) is 6.20 Å². The highest BCUT2D eigenvalue weighted by Gasteiger charge is 2.09. The van der Waals surface area contributed by atoms with Crippen molar-refractivity contribution in [3.05, 3.63) is 72.9 Å². The monoisotopic (exact) mass is 399 g/mol. The number of nitrogens with one attached hydrogen (secondary N) is 3. The normalized spacial score (nSPS) is 11.4. The molecule has 1 aromatic carbocycles. The maximum atomic E-state index is 8.87. The number of rotatable bonds is 7. The number of hydrogen-bond acceptors (Lipinski definition) is 6. The molecule has 0 aliphatic heterocycles. The van der Waals surface area contributed by atoms with Crippen LogP contribution in [0.4, 0.5) is 11.5 Å². The number of pyridine rings is 2. The number of aromatic nitrogens is 5. The number of H-pyrrole nitrogens is 1. The van der Waals surface area contributed by atoms with E-state index in [9.17, 15) is 0 Å². The summed E-state index contributed by atoms with van der Waals surface area (Å²) in [4.78, 5) is 9.00. The van der Waals surface area contributed by atoms with E-state index in [-0.39, 0.29) is 6.61 Å². The third kappa shape index (κ3) is 3.61. The van der Waals surface area contributed by atoms with Gasteiger partial charge in [0, 0.05) is 48.8 Å². The van der Waals surface area contributed by atoms with Crippen LogP contribution >= 0.6 is 0 Å². The van der Waals surface area contributed by atoms with Crippen molar-refractivity contribution < 1.29 is 5.11 Å². The average molecular weight is 399 g/mol. The third-order valence-corrected chi connectivity index (χ3v) is 4.97. The van der Waals surface area contributed by atoms with Crippen molar-refractivity contribution in [3.63, 3.8) is 0 Å². The van der Waals surface area contributed by atoms with Gasteiger partial charge in [0.2, 0.25) is 0 Å². The van der Waals surface area contributed by atoms with Crippen LogP contribution in [0.3, 0.4) is 0 Å². The molecule has 0 amide bonds. The number of benzene rings is 1. The van der Waals surface area contributed by atoms with Crippen LogP contribution < -0.4 is 10.6 Å². The number of hydrogen-bond donors (Lipinski definition) is 4. The smallest absolute Gasteiger partial charge is 0.160 e. The van der Waals surface area contributed by atoms with Crippen molar-refractivity contribution in [3.8, 4) is 11.1 Å². The quantitative estimate of drug-likeness (QED) is 0.314. The molecule has 0 unspecified atom stereocenters. The van der Waals surface area contributed by atoms with Crippen LogP contribution in [0.15, 0.2) is 67.4 Å². The number of nitrogens with zero attached hydrogens (tertiary/aromatic N) is 4. The summed E-state index contributed by atoms with van der Waals surface area (Å²) < 4.78 is 2.00. The topological polar surface area (TPSA) is 103 Å². The van der Waals surface area contributed by atoms with Crippen molar-refractivity contribution in [2.24, 2.45) is 0 Å². The molecule has 4 heterocycles. The first-order chi connectivity index (χ1) is 14.8. The Hall–Kier alpha value is -3.75. The molecule has 0 fully saturated rings. The van der Waals surface area contributed by atoms with Crippen molar-refractivity contribution in [2.75, 3.05) is 18.5 Å². The predicted molar refractivity (Wildman–Crippen MR) is 117 cm³/mol. The van der Waals surface area contributed by atoms with E-state index in [1.807, 2.05) is 35.1 Å². The number of aliphatic hydroxyl groups excluding tert-OH is 1. The van der Waals surface area contributed by atoms with E-state index in [1.165, 1.54) is 0 Å². The van der Waals surface area contributed by atoms with Crippen LogP contribution in [0.1, 0.15) is 5.56 Å². The highest BCUT2D eigenvalue weighted by atomic mass is 16.3. The fourth-order valence-corrected chi connectivity index (χ4v) is 3.45. The molecule has 4 N–H and O–H groups in total. The molecule has 0 aliphatic carbocycles. The SMILES string of the molecule is OCCNCc1ccc(Nc2cc(-c3ccc4cn[nH]c4c3)cn3ccnc23)nc1. The first-order valence-corrected chi connectivity index (χ1v) is 9.74. The van der Waals surface area contributed by atoms with Gasteiger partial charge in [0.15, 0.2) is 5.65 Å². The largest absolute Gasteiger partial charge is 0.395 e. The summed E-state index contributed by atoms with van der Waals surface area (Å²) in [6.45, 7) is 1.36. The Morgan fingerprint density at radius 1 is 1.03 bits per heavy atom. The van der Waals surface area contributed by atoms with Crippen LogP contribution in [-0.4, -0.2) is 42.8 Å². The fraction of sp³-hybridized carbons (Fsp3) is 0.136. The van der Waals surface area contributed by atoms with E-state index in [4.69, 9.17) is 5.11 Å². The molecule has 8 nitrogen and oxygen atoms in total. The Morgan fingerprint density at radius 3 is 2.87 bits per heavy atom. The molecule has 0 spiro atoms. The highest BCUT2D eigenvalue weighted by Crippen LogP contribution is 2.29. The average Bonchev–Trinajstić information content (AvgIpc) is 3.44. The first kappa shape index (κ1) is 18.3. The molecule has 4 aromatic heterocycles. The Kier molecular flexibility index (Phi) is 4.84. The Balaban J connectivity index is 1.46. The molecule has 8 heteroatoms.